The van der Waals surface area contributed by atoms with E-state index in [1.807, 2.05) is 13.0 Å². The van der Waals surface area contributed by atoms with Crippen LogP contribution < -0.4 is 10.1 Å². The van der Waals surface area contributed by atoms with Crippen molar-refractivity contribution in [2.24, 2.45) is 0 Å². The number of esters is 1. The van der Waals surface area contributed by atoms with Gasteiger partial charge in [-0.2, -0.15) is 0 Å². The fraction of sp³-hybridized carbons (Fsp3) is 0.308. The van der Waals surface area contributed by atoms with Crippen molar-refractivity contribution in [2.45, 2.75) is 38.5 Å². The first-order chi connectivity index (χ1) is 15.6. The maximum Gasteiger partial charge on any atom is 0.341 e. The van der Waals surface area contributed by atoms with Gasteiger partial charge in [-0.15, -0.1) is 11.3 Å². The zero-order valence-corrected chi connectivity index (χ0v) is 19.2. The van der Waals surface area contributed by atoms with E-state index in [1.54, 1.807) is 31.4 Å². The quantitative estimate of drug-likeness (QED) is 0.460. The van der Waals surface area contributed by atoms with Gasteiger partial charge in [0.15, 0.2) is 0 Å². The third-order valence-corrected chi connectivity index (χ3v) is 6.93. The van der Waals surface area contributed by atoms with Gasteiger partial charge in [0, 0.05) is 10.4 Å². The SMILES string of the molecule is CCCOC(=O)c1c(NC(=O)c2ccc(OC)cc2)sc2c1CC[C@@H](c1ccccc1)C2. The Kier molecular flexibility index (Phi) is 6.90. The largest absolute Gasteiger partial charge is 0.497 e. The van der Waals surface area contributed by atoms with Crippen LogP contribution in [0.15, 0.2) is 54.6 Å². The standard InChI is InChI=1S/C26H27NO4S/c1-3-15-31-26(29)23-21-14-11-19(17-7-5-4-6-8-17)16-22(21)32-25(23)27-24(28)18-9-12-20(30-2)13-10-18/h4-10,12-13,19H,3,11,14-16H2,1-2H3,(H,27,28)/t19-/m1/s1. The molecule has 1 aliphatic rings. The van der Waals surface area contributed by atoms with E-state index in [0.29, 0.717) is 34.4 Å². The highest BCUT2D eigenvalue weighted by molar-refractivity contribution is 7.17. The lowest BCUT2D eigenvalue weighted by Gasteiger charge is -2.23. The van der Waals surface area contributed by atoms with E-state index in [-0.39, 0.29) is 11.9 Å². The molecule has 166 valence electrons. The Balaban J connectivity index is 1.62. The lowest BCUT2D eigenvalue weighted by atomic mass is 9.83. The van der Waals surface area contributed by atoms with E-state index in [2.05, 4.69) is 29.6 Å². The minimum atomic E-state index is -0.354. The van der Waals surface area contributed by atoms with Crippen LogP contribution >= 0.6 is 11.3 Å². The summed E-state index contributed by atoms with van der Waals surface area (Å²) in [5.74, 6) is 0.485. The molecule has 3 aromatic rings. The monoisotopic (exact) mass is 449 g/mol. The third-order valence-electron chi connectivity index (χ3n) is 5.76. The van der Waals surface area contributed by atoms with Crippen LogP contribution in [-0.4, -0.2) is 25.6 Å². The van der Waals surface area contributed by atoms with E-state index in [4.69, 9.17) is 9.47 Å². The molecular formula is C26H27NO4S. The van der Waals surface area contributed by atoms with Gasteiger partial charge < -0.3 is 14.8 Å². The average molecular weight is 450 g/mol. The Morgan fingerprint density at radius 1 is 1.09 bits per heavy atom. The van der Waals surface area contributed by atoms with Crippen LogP contribution in [0.2, 0.25) is 0 Å². The van der Waals surface area contributed by atoms with Gasteiger partial charge in [0.25, 0.3) is 5.91 Å². The molecular weight excluding hydrogens is 422 g/mol. The second kappa shape index (κ2) is 10.0. The maximum absolute atomic E-state index is 12.9. The van der Waals surface area contributed by atoms with Crippen LogP contribution in [0.5, 0.6) is 5.75 Å². The summed E-state index contributed by atoms with van der Waals surface area (Å²) >= 11 is 1.50. The number of rotatable bonds is 7. The molecule has 0 bridgehead atoms. The summed E-state index contributed by atoms with van der Waals surface area (Å²) in [7, 11) is 1.59. The highest BCUT2D eigenvalue weighted by atomic mass is 32.1. The predicted octanol–water partition coefficient (Wildman–Crippen LogP) is 5.85. The van der Waals surface area contributed by atoms with Crippen molar-refractivity contribution in [1.82, 2.24) is 0 Å². The summed E-state index contributed by atoms with van der Waals surface area (Å²) in [4.78, 5) is 27.0. The van der Waals surface area contributed by atoms with E-state index in [9.17, 15) is 9.59 Å². The van der Waals surface area contributed by atoms with Crippen molar-refractivity contribution in [3.63, 3.8) is 0 Å². The van der Waals surface area contributed by atoms with Crippen LogP contribution in [0.4, 0.5) is 5.00 Å². The fourth-order valence-corrected chi connectivity index (χ4v) is 5.39. The number of benzene rings is 2. The molecule has 1 atom stereocenters. The molecule has 0 saturated heterocycles. The molecule has 0 radical (unpaired) electrons. The Morgan fingerprint density at radius 3 is 2.53 bits per heavy atom. The van der Waals surface area contributed by atoms with Gasteiger partial charge in [-0.1, -0.05) is 37.3 Å². The molecule has 1 heterocycles. The molecule has 1 amide bonds. The second-order valence-corrected chi connectivity index (χ2v) is 8.98. The molecule has 2 aromatic carbocycles. The fourth-order valence-electron chi connectivity index (χ4n) is 4.08. The van der Waals surface area contributed by atoms with Crippen LogP contribution in [0.1, 0.15) is 62.4 Å². The van der Waals surface area contributed by atoms with Crippen molar-refractivity contribution in [3.8, 4) is 5.75 Å². The number of anilines is 1. The number of fused-ring (bicyclic) bond motifs is 1. The predicted molar refractivity (Wildman–Crippen MR) is 127 cm³/mol. The Hall–Kier alpha value is -3.12. The minimum absolute atomic E-state index is 0.254. The van der Waals surface area contributed by atoms with Gasteiger partial charge in [-0.25, -0.2) is 4.79 Å². The molecule has 32 heavy (non-hydrogen) atoms. The topological polar surface area (TPSA) is 64.6 Å². The molecule has 0 aliphatic heterocycles. The summed E-state index contributed by atoms with van der Waals surface area (Å²) in [6.07, 6.45) is 3.37. The van der Waals surface area contributed by atoms with E-state index >= 15 is 0 Å². The molecule has 0 spiro atoms. The average Bonchev–Trinajstić information content (AvgIpc) is 3.20. The summed E-state index contributed by atoms with van der Waals surface area (Å²) in [5, 5.41) is 3.55. The number of nitrogens with one attached hydrogen (secondary N) is 1. The first-order valence-corrected chi connectivity index (χ1v) is 11.7. The smallest absolute Gasteiger partial charge is 0.341 e. The van der Waals surface area contributed by atoms with Crippen molar-refractivity contribution in [3.05, 3.63) is 81.7 Å². The number of hydrogen-bond acceptors (Lipinski definition) is 5. The molecule has 0 unspecified atom stereocenters. The number of carbonyl (C=O) groups excluding carboxylic acids is 2. The summed E-state index contributed by atoms with van der Waals surface area (Å²) in [5.41, 5.74) is 3.36. The Labute approximate surface area is 192 Å². The first-order valence-electron chi connectivity index (χ1n) is 10.9. The highest BCUT2D eigenvalue weighted by Gasteiger charge is 2.31. The summed E-state index contributed by atoms with van der Waals surface area (Å²) in [6.45, 7) is 2.33. The first kappa shape index (κ1) is 22.1. The van der Waals surface area contributed by atoms with Crippen molar-refractivity contribution < 1.29 is 19.1 Å². The van der Waals surface area contributed by atoms with Gasteiger partial charge >= 0.3 is 5.97 Å². The zero-order valence-electron chi connectivity index (χ0n) is 18.4. The molecule has 6 heteroatoms. The van der Waals surface area contributed by atoms with E-state index in [1.165, 1.54) is 16.9 Å². The zero-order chi connectivity index (χ0) is 22.5. The highest BCUT2D eigenvalue weighted by Crippen LogP contribution is 2.43. The molecule has 1 aromatic heterocycles. The summed E-state index contributed by atoms with van der Waals surface area (Å²) < 4.78 is 10.6. The van der Waals surface area contributed by atoms with Crippen LogP contribution in [0, 0.1) is 0 Å². The van der Waals surface area contributed by atoms with Gasteiger partial charge in [0.2, 0.25) is 0 Å². The molecule has 4 rings (SSSR count). The van der Waals surface area contributed by atoms with Crippen LogP contribution in [0.3, 0.4) is 0 Å². The third kappa shape index (κ3) is 4.70. The van der Waals surface area contributed by atoms with Gasteiger partial charge in [0.05, 0.1) is 19.3 Å². The summed E-state index contributed by atoms with van der Waals surface area (Å²) in [6, 6.07) is 17.4. The van der Waals surface area contributed by atoms with Gasteiger partial charge in [-0.3, -0.25) is 4.79 Å². The molecule has 0 fully saturated rings. The minimum Gasteiger partial charge on any atom is -0.497 e. The lowest BCUT2D eigenvalue weighted by Crippen LogP contribution is -2.17. The van der Waals surface area contributed by atoms with Gasteiger partial charge in [0.1, 0.15) is 10.8 Å². The van der Waals surface area contributed by atoms with Gasteiger partial charge in [-0.05, 0) is 67.0 Å². The number of thiophene rings is 1. The van der Waals surface area contributed by atoms with Crippen molar-refractivity contribution in [1.29, 1.82) is 0 Å². The molecule has 1 N–H and O–H groups in total. The second-order valence-electron chi connectivity index (χ2n) is 7.88. The van der Waals surface area contributed by atoms with Crippen molar-refractivity contribution in [2.75, 3.05) is 19.0 Å². The number of methoxy groups -OCH3 is 1. The molecule has 5 nitrogen and oxygen atoms in total. The number of ether oxygens (including phenoxy) is 2. The van der Waals surface area contributed by atoms with Crippen LogP contribution in [-0.2, 0) is 17.6 Å². The Bertz CT molecular complexity index is 1090. The van der Waals surface area contributed by atoms with E-state index < -0.39 is 0 Å². The number of amides is 1. The molecule has 0 saturated carbocycles. The maximum atomic E-state index is 12.9. The number of carbonyl (C=O) groups is 2. The van der Waals surface area contributed by atoms with Crippen LogP contribution in [0.25, 0.3) is 0 Å². The lowest BCUT2D eigenvalue weighted by molar-refractivity contribution is 0.0505. The van der Waals surface area contributed by atoms with Crippen molar-refractivity contribution >= 4 is 28.2 Å². The Morgan fingerprint density at radius 2 is 1.84 bits per heavy atom. The normalized spacial score (nSPS) is 15.0. The molecule has 1 aliphatic carbocycles. The van der Waals surface area contributed by atoms with E-state index in [0.717, 1.165) is 36.1 Å². The number of hydrogen-bond donors (Lipinski definition) is 1.